The Labute approximate surface area is 171 Å². The number of fused-ring (bicyclic) bond motifs is 1. The molecule has 0 atom stereocenters. The summed E-state index contributed by atoms with van der Waals surface area (Å²) in [5.41, 5.74) is 0.892. The van der Waals surface area contributed by atoms with E-state index in [4.69, 9.17) is 9.40 Å². The molecule has 1 N–H and O–H groups in total. The zero-order valence-electron chi connectivity index (χ0n) is 16.0. The average molecular weight is 418 g/mol. The van der Waals surface area contributed by atoms with Crippen molar-refractivity contribution in [3.63, 3.8) is 0 Å². The molecule has 6 nitrogen and oxygen atoms in total. The van der Waals surface area contributed by atoms with Crippen LogP contribution in [0.3, 0.4) is 0 Å². The molecule has 8 heteroatoms. The van der Waals surface area contributed by atoms with E-state index in [0.29, 0.717) is 22.8 Å². The third-order valence-electron chi connectivity index (χ3n) is 5.20. The molecule has 1 fully saturated rings. The monoisotopic (exact) mass is 417 g/mol. The van der Waals surface area contributed by atoms with Crippen LogP contribution in [0.1, 0.15) is 41.9 Å². The van der Waals surface area contributed by atoms with Gasteiger partial charge in [-0.15, -0.1) is 11.3 Å². The number of aromatic nitrogens is 2. The van der Waals surface area contributed by atoms with Crippen LogP contribution in [0.4, 0.5) is 0 Å². The SMILES string of the molecule is Cc1sc2nc(SCC(=O)NC3CCCC3)n(Cc3ccco3)c(=O)c2c1C. The summed E-state index contributed by atoms with van der Waals surface area (Å²) < 4.78 is 7.05. The maximum atomic E-state index is 13.2. The van der Waals surface area contributed by atoms with E-state index >= 15 is 0 Å². The van der Waals surface area contributed by atoms with Gasteiger partial charge in [0, 0.05) is 10.9 Å². The molecule has 0 spiro atoms. The number of carbonyl (C=O) groups excluding carboxylic acids is 1. The lowest BCUT2D eigenvalue weighted by atomic mass is 10.2. The summed E-state index contributed by atoms with van der Waals surface area (Å²) in [7, 11) is 0. The number of amides is 1. The van der Waals surface area contributed by atoms with Crippen LogP contribution in [0.5, 0.6) is 0 Å². The Morgan fingerprint density at radius 3 is 2.89 bits per heavy atom. The zero-order chi connectivity index (χ0) is 19.7. The van der Waals surface area contributed by atoms with Crippen molar-refractivity contribution in [1.29, 1.82) is 0 Å². The van der Waals surface area contributed by atoms with Gasteiger partial charge in [-0.2, -0.15) is 0 Å². The molecule has 0 aromatic carbocycles. The Morgan fingerprint density at radius 2 is 2.18 bits per heavy atom. The van der Waals surface area contributed by atoms with Crippen molar-refractivity contribution in [2.24, 2.45) is 0 Å². The molecule has 1 amide bonds. The highest BCUT2D eigenvalue weighted by atomic mass is 32.2. The lowest BCUT2D eigenvalue weighted by Crippen LogP contribution is -2.34. The number of aryl methyl sites for hydroxylation is 2. The summed E-state index contributed by atoms with van der Waals surface area (Å²) in [5.74, 6) is 0.926. The van der Waals surface area contributed by atoms with Crippen LogP contribution in [0.15, 0.2) is 32.8 Å². The van der Waals surface area contributed by atoms with Gasteiger partial charge in [0.15, 0.2) is 5.16 Å². The van der Waals surface area contributed by atoms with Gasteiger partial charge in [0.1, 0.15) is 10.6 Å². The highest BCUT2D eigenvalue weighted by Gasteiger charge is 2.20. The maximum Gasteiger partial charge on any atom is 0.263 e. The topological polar surface area (TPSA) is 77.1 Å². The smallest absolute Gasteiger partial charge is 0.263 e. The van der Waals surface area contributed by atoms with Crippen molar-refractivity contribution < 1.29 is 9.21 Å². The first-order chi connectivity index (χ1) is 13.5. The Kier molecular flexibility index (Phi) is 5.59. The standard InChI is InChI=1S/C20H23N3O3S2/c1-12-13(2)28-18-17(12)19(25)23(10-15-8-5-9-26-15)20(22-18)27-11-16(24)21-14-6-3-4-7-14/h5,8-9,14H,3-4,6-7,10-11H2,1-2H3,(H,21,24). The third kappa shape index (κ3) is 3.89. The van der Waals surface area contributed by atoms with Crippen LogP contribution in [-0.4, -0.2) is 27.3 Å². The molecular weight excluding hydrogens is 394 g/mol. The van der Waals surface area contributed by atoms with E-state index in [1.165, 1.54) is 35.9 Å². The second-order valence-electron chi connectivity index (χ2n) is 7.17. The van der Waals surface area contributed by atoms with E-state index in [1.807, 2.05) is 19.9 Å². The summed E-state index contributed by atoms with van der Waals surface area (Å²) >= 11 is 2.83. The molecule has 0 bridgehead atoms. The van der Waals surface area contributed by atoms with Gasteiger partial charge in [0.2, 0.25) is 5.91 Å². The summed E-state index contributed by atoms with van der Waals surface area (Å²) in [6.45, 7) is 4.26. The largest absolute Gasteiger partial charge is 0.467 e. The predicted octanol–water partition coefficient (Wildman–Crippen LogP) is 3.87. The molecule has 0 aliphatic heterocycles. The summed E-state index contributed by atoms with van der Waals surface area (Å²) in [6.07, 6.45) is 6.05. The Bertz CT molecular complexity index is 1050. The molecule has 3 aromatic heterocycles. The summed E-state index contributed by atoms with van der Waals surface area (Å²) in [6, 6.07) is 3.93. The van der Waals surface area contributed by atoms with Gasteiger partial charge in [-0.25, -0.2) is 4.98 Å². The highest BCUT2D eigenvalue weighted by molar-refractivity contribution is 7.99. The van der Waals surface area contributed by atoms with Crippen LogP contribution in [-0.2, 0) is 11.3 Å². The molecule has 0 saturated heterocycles. The van der Waals surface area contributed by atoms with E-state index < -0.39 is 0 Å². The normalized spacial score (nSPS) is 14.8. The zero-order valence-corrected chi connectivity index (χ0v) is 17.6. The molecule has 1 aliphatic rings. The molecule has 148 valence electrons. The number of rotatable bonds is 6. The van der Waals surface area contributed by atoms with Crippen LogP contribution in [0.2, 0.25) is 0 Å². The Balaban J connectivity index is 1.63. The lowest BCUT2D eigenvalue weighted by molar-refractivity contribution is -0.119. The summed E-state index contributed by atoms with van der Waals surface area (Å²) in [4.78, 5) is 32.1. The molecule has 0 unspecified atom stereocenters. The minimum absolute atomic E-state index is 0.00525. The molecule has 1 aliphatic carbocycles. The fourth-order valence-corrected chi connectivity index (χ4v) is 5.47. The molecule has 4 rings (SSSR count). The van der Waals surface area contributed by atoms with Gasteiger partial charge in [-0.1, -0.05) is 24.6 Å². The van der Waals surface area contributed by atoms with Crippen molar-refractivity contribution in [2.75, 3.05) is 5.75 Å². The quantitative estimate of drug-likeness (QED) is 0.487. The van der Waals surface area contributed by atoms with E-state index in [0.717, 1.165) is 28.1 Å². The van der Waals surface area contributed by atoms with Gasteiger partial charge in [0.05, 0.1) is 23.9 Å². The molecule has 0 radical (unpaired) electrons. The highest BCUT2D eigenvalue weighted by Crippen LogP contribution is 2.28. The van der Waals surface area contributed by atoms with E-state index in [2.05, 4.69) is 5.32 Å². The molecule has 3 aromatic rings. The van der Waals surface area contributed by atoms with Crippen LogP contribution < -0.4 is 10.9 Å². The maximum absolute atomic E-state index is 13.2. The molecule has 3 heterocycles. The minimum Gasteiger partial charge on any atom is -0.467 e. The fraction of sp³-hybridized carbons (Fsp3) is 0.450. The fourth-order valence-electron chi connectivity index (χ4n) is 3.59. The van der Waals surface area contributed by atoms with Crippen LogP contribution in [0, 0.1) is 13.8 Å². The third-order valence-corrected chi connectivity index (χ3v) is 7.28. The number of nitrogens with one attached hydrogen (secondary N) is 1. The average Bonchev–Trinajstić information content (AvgIpc) is 3.40. The van der Waals surface area contributed by atoms with Gasteiger partial charge < -0.3 is 9.73 Å². The summed E-state index contributed by atoms with van der Waals surface area (Å²) in [5, 5.41) is 4.30. The van der Waals surface area contributed by atoms with Crippen molar-refractivity contribution >= 4 is 39.2 Å². The number of thiophene rings is 1. The first kappa shape index (κ1) is 19.3. The van der Waals surface area contributed by atoms with E-state index in [-0.39, 0.29) is 23.3 Å². The number of thioether (sulfide) groups is 1. The number of hydrogen-bond acceptors (Lipinski definition) is 6. The van der Waals surface area contributed by atoms with Crippen LogP contribution >= 0.6 is 23.1 Å². The van der Waals surface area contributed by atoms with Crippen molar-refractivity contribution in [2.45, 2.75) is 57.3 Å². The van der Waals surface area contributed by atoms with Crippen molar-refractivity contribution in [1.82, 2.24) is 14.9 Å². The lowest BCUT2D eigenvalue weighted by Gasteiger charge is -2.13. The first-order valence-electron chi connectivity index (χ1n) is 9.48. The van der Waals surface area contributed by atoms with Crippen molar-refractivity contribution in [3.8, 4) is 0 Å². The molecule has 1 saturated carbocycles. The Morgan fingerprint density at radius 1 is 1.39 bits per heavy atom. The van der Waals surface area contributed by atoms with Crippen LogP contribution in [0.25, 0.3) is 10.2 Å². The van der Waals surface area contributed by atoms with Gasteiger partial charge >= 0.3 is 0 Å². The first-order valence-corrected chi connectivity index (χ1v) is 11.3. The number of carbonyl (C=O) groups is 1. The van der Waals surface area contributed by atoms with Gasteiger partial charge in [-0.3, -0.25) is 14.2 Å². The van der Waals surface area contributed by atoms with E-state index in [9.17, 15) is 9.59 Å². The van der Waals surface area contributed by atoms with Gasteiger partial charge in [-0.05, 0) is 44.4 Å². The molecular formula is C20H23N3O3S2. The van der Waals surface area contributed by atoms with Gasteiger partial charge in [0.25, 0.3) is 5.56 Å². The second-order valence-corrected chi connectivity index (χ2v) is 9.31. The molecule has 28 heavy (non-hydrogen) atoms. The van der Waals surface area contributed by atoms with E-state index in [1.54, 1.807) is 16.9 Å². The number of furan rings is 1. The number of hydrogen-bond donors (Lipinski definition) is 1. The second kappa shape index (κ2) is 8.13. The predicted molar refractivity (Wildman–Crippen MR) is 112 cm³/mol. The Hall–Kier alpha value is -2.06. The van der Waals surface area contributed by atoms with Crippen molar-refractivity contribution in [3.05, 3.63) is 45.0 Å². The number of nitrogens with zero attached hydrogens (tertiary/aromatic N) is 2. The minimum atomic E-state index is -0.0815.